The van der Waals surface area contributed by atoms with Crippen LogP contribution in [0.25, 0.3) is 0 Å². The predicted octanol–water partition coefficient (Wildman–Crippen LogP) is 3.11. The van der Waals surface area contributed by atoms with Crippen LogP contribution in [0.15, 0.2) is 18.3 Å². The van der Waals surface area contributed by atoms with Gasteiger partial charge in [-0.25, -0.2) is 4.98 Å². The zero-order valence-corrected chi connectivity index (χ0v) is 10.2. The Morgan fingerprint density at radius 3 is 3.00 bits per heavy atom. The first-order valence-corrected chi connectivity index (χ1v) is 6.30. The second-order valence-electron chi connectivity index (χ2n) is 4.51. The Bertz CT molecular complexity index is 338. The number of nitrogens with one attached hydrogen (secondary N) is 2. The molecule has 1 aliphatic carbocycles. The highest BCUT2D eigenvalue weighted by Gasteiger charge is 2.34. The van der Waals surface area contributed by atoms with Gasteiger partial charge >= 0.3 is 0 Å². The fraction of sp³-hybridized carbons (Fsp3) is 0.615. The third-order valence-electron chi connectivity index (χ3n) is 3.12. The molecule has 2 unspecified atom stereocenters. The van der Waals surface area contributed by atoms with Crippen LogP contribution in [0, 0.1) is 5.92 Å². The first-order valence-electron chi connectivity index (χ1n) is 6.30. The van der Waals surface area contributed by atoms with E-state index in [1.807, 2.05) is 12.3 Å². The minimum atomic E-state index is 0.687. The second-order valence-corrected chi connectivity index (χ2v) is 4.51. The third kappa shape index (κ3) is 2.87. The molecule has 3 heteroatoms. The molecule has 1 aliphatic rings. The smallest absolute Gasteiger partial charge is 0.127 e. The van der Waals surface area contributed by atoms with Crippen molar-refractivity contribution in [3.8, 4) is 0 Å². The lowest BCUT2D eigenvalue weighted by Crippen LogP contribution is -2.06. The SMILES string of the molecule is CCCNc1cc(NC2CC2CC)ccn1. The largest absolute Gasteiger partial charge is 0.382 e. The Hall–Kier alpha value is -1.25. The molecule has 1 heterocycles. The molecule has 2 atom stereocenters. The first-order chi connectivity index (χ1) is 7.83. The van der Waals surface area contributed by atoms with Gasteiger partial charge in [0.15, 0.2) is 0 Å². The lowest BCUT2D eigenvalue weighted by atomic mass is 10.3. The summed E-state index contributed by atoms with van der Waals surface area (Å²) in [4.78, 5) is 4.29. The maximum Gasteiger partial charge on any atom is 0.127 e. The van der Waals surface area contributed by atoms with Crippen molar-refractivity contribution >= 4 is 11.5 Å². The van der Waals surface area contributed by atoms with Crippen molar-refractivity contribution in [3.05, 3.63) is 18.3 Å². The van der Waals surface area contributed by atoms with E-state index in [2.05, 4.69) is 35.5 Å². The summed E-state index contributed by atoms with van der Waals surface area (Å²) in [6.45, 7) is 5.40. The molecular formula is C13H21N3. The zero-order chi connectivity index (χ0) is 11.4. The molecule has 0 aliphatic heterocycles. The molecule has 2 rings (SSSR count). The maximum atomic E-state index is 4.29. The molecule has 3 nitrogen and oxygen atoms in total. The standard InChI is InChI=1S/C13H21N3/c1-3-6-14-13-9-11(5-7-15-13)16-12-8-10(12)4-2/h5,7,9-10,12H,3-4,6,8H2,1-2H3,(H2,14,15,16). The quantitative estimate of drug-likeness (QED) is 0.772. The van der Waals surface area contributed by atoms with Gasteiger partial charge in [-0.3, -0.25) is 0 Å². The molecule has 1 fully saturated rings. The third-order valence-corrected chi connectivity index (χ3v) is 3.12. The van der Waals surface area contributed by atoms with Gasteiger partial charge in [-0.2, -0.15) is 0 Å². The van der Waals surface area contributed by atoms with Crippen LogP contribution in [0.3, 0.4) is 0 Å². The number of hydrogen-bond acceptors (Lipinski definition) is 3. The monoisotopic (exact) mass is 219 g/mol. The van der Waals surface area contributed by atoms with E-state index in [0.29, 0.717) is 6.04 Å². The molecule has 88 valence electrons. The molecule has 0 amide bonds. The molecular weight excluding hydrogens is 198 g/mol. The fourth-order valence-electron chi connectivity index (χ4n) is 1.96. The van der Waals surface area contributed by atoms with E-state index < -0.39 is 0 Å². The molecule has 16 heavy (non-hydrogen) atoms. The minimum Gasteiger partial charge on any atom is -0.382 e. The summed E-state index contributed by atoms with van der Waals surface area (Å²) in [5, 5.41) is 6.86. The second kappa shape index (κ2) is 5.19. The van der Waals surface area contributed by atoms with Gasteiger partial charge in [-0.15, -0.1) is 0 Å². The van der Waals surface area contributed by atoms with Crippen LogP contribution >= 0.6 is 0 Å². The highest BCUT2D eigenvalue weighted by molar-refractivity contribution is 5.53. The number of anilines is 2. The minimum absolute atomic E-state index is 0.687. The van der Waals surface area contributed by atoms with Gasteiger partial charge in [0, 0.05) is 30.5 Å². The van der Waals surface area contributed by atoms with Gasteiger partial charge in [0.1, 0.15) is 5.82 Å². The van der Waals surface area contributed by atoms with Gasteiger partial charge in [0.2, 0.25) is 0 Å². The van der Waals surface area contributed by atoms with E-state index in [9.17, 15) is 0 Å². The Labute approximate surface area is 97.7 Å². The molecule has 1 aromatic rings. The van der Waals surface area contributed by atoms with Gasteiger partial charge in [0.05, 0.1) is 0 Å². The van der Waals surface area contributed by atoms with E-state index in [4.69, 9.17) is 0 Å². The fourth-order valence-corrected chi connectivity index (χ4v) is 1.96. The van der Waals surface area contributed by atoms with E-state index in [1.54, 1.807) is 0 Å². The lowest BCUT2D eigenvalue weighted by molar-refractivity contribution is 0.775. The van der Waals surface area contributed by atoms with Gasteiger partial charge in [0.25, 0.3) is 0 Å². The summed E-state index contributed by atoms with van der Waals surface area (Å²) in [5.41, 5.74) is 1.19. The van der Waals surface area contributed by atoms with Crippen LogP contribution in [0.2, 0.25) is 0 Å². The summed E-state index contributed by atoms with van der Waals surface area (Å²) in [6, 6.07) is 4.83. The van der Waals surface area contributed by atoms with Crippen LogP contribution < -0.4 is 10.6 Å². The van der Waals surface area contributed by atoms with Crippen molar-refractivity contribution in [1.82, 2.24) is 4.98 Å². The van der Waals surface area contributed by atoms with Crippen molar-refractivity contribution in [3.63, 3.8) is 0 Å². The Morgan fingerprint density at radius 2 is 2.31 bits per heavy atom. The summed E-state index contributed by atoms with van der Waals surface area (Å²) < 4.78 is 0. The average molecular weight is 219 g/mol. The number of nitrogens with zero attached hydrogens (tertiary/aromatic N) is 1. The highest BCUT2D eigenvalue weighted by Crippen LogP contribution is 2.36. The highest BCUT2D eigenvalue weighted by atomic mass is 15.0. The number of pyridine rings is 1. The van der Waals surface area contributed by atoms with Crippen molar-refractivity contribution in [1.29, 1.82) is 0 Å². The van der Waals surface area contributed by atoms with Gasteiger partial charge < -0.3 is 10.6 Å². The summed E-state index contributed by atoms with van der Waals surface area (Å²) in [6.07, 6.45) is 5.59. The number of aromatic nitrogens is 1. The average Bonchev–Trinajstić information content (AvgIpc) is 3.05. The molecule has 0 radical (unpaired) electrons. The topological polar surface area (TPSA) is 37.0 Å². The zero-order valence-electron chi connectivity index (χ0n) is 10.2. The molecule has 0 aromatic carbocycles. The number of rotatable bonds is 6. The van der Waals surface area contributed by atoms with Crippen molar-refractivity contribution in [2.75, 3.05) is 17.2 Å². The van der Waals surface area contributed by atoms with Crippen molar-refractivity contribution in [2.45, 2.75) is 39.2 Å². The van der Waals surface area contributed by atoms with Crippen LogP contribution in [0.1, 0.15) is 33.1 Å². The van der Waals surface area contributed by atoms with Crippen molar-refractivity contribution < 1.29 is 0 Å². The Balaban J connectivity index is 1.89. The Kier molecular flexibility index (Phi) is 3.65. The lowest BCUT2D eigenvalue weighted by Gasteiger charge is -2.08. The van der Waals surface area contributed by atoms with E-state index in [-0.39, 0.29) is 0 Å². The van der Waals surface area contributed by atoms with Gasteiger partial charge in [-0.1, -0.05) is 20.3 Å². The van der Waals surface area contributed by atoms with Gasteiger partial charge in [-0.05, 0) is 24.8 Å². The molecule has 0 spiro atoms. The molecule has 1 aromatic heterocycles. The molecule has 0 bridgehead atoms. The van der Waals surface area contributed by atoms with Crippen LogP contribution in [-0.2, 0) is 0 Å². The van der Waals surface area contributed by atoms with Crippen LogP contribution in [-0.4, -0.2) is 17.6 Å². The maximum absolute atomic E-state index is 4.29. The van der Waals surface area contributed by atoms with Crippen LogP contribution in [0.4, 0.5) is 11.5 Å². The van der Waals surface area contributed by atoms with Crippen LogP contribution in [0.5, 0.6) is 0 Å². The summed E-state index contributed by atoms with van der Waals surface area (Å²) in [7, 11) is 0. The first kappa shape index (κ1) is 11.2. The van der Waals surface area contributed by atoms with E-state index in [0.717, 1.165) is 24.7 Å². The normalized spacial score (nSPS) is 22.9. The summed E-state index contributed by atoms with van der Waals surface area (Å²) >= 11 is 0. The summed E-state index contributed by atoms with van der Waals surface area (Å²) in [5.74, 6) is 1.85. The van der Waals surface area contributed by atoms with E-state index in [1.165, 1.54) is 18.5 Å². The van der Waals surface area contributed by atoms with Crippen molar-refractivity contribution in [2.24, 2.45) is 5.92 Å². The predicted molar refractivity (Wildman–Crippen MR) is 68.8 cm³/mol. The molecule has 0 saturated heterocycles. The number of hydrogen-bond donors (Lipinski definition) is 2. The Morgan fingerprint density at radius 1 is 1.44 bits per heavy atom. The van der Waals surface area contributed by atoms with E-state index >= 15 is 0 Å². The molecule has 1 saturated carbocycles. The molecule has 2 N–H and O–H groups in total.